The minimum Gasteiger partial charge on any atom is -0.384 e. The molecule has 0 fully saturated rings. The van der Waals surface area contributed by atoms with Crippen LogP contribution in [0.3, 0.4) is 0 Å². The summed E-state index contributed by atoms with van der Waals surface area (Å²) in [6, 6.07) is 10.5. The lowest BCUT2D eigenvalue weighted by Crippen LogP contribution is -2.41. The molecule has 1 aliphatic rings. The summed E-state index contributed by atoms with van der Waals surface area (Å²) in [6.45, 7) is 5.52. The molecule has 0 aromatic heterocycles. The average molecular weight is 243 g/mol. The summed E-state index contributed by atoms with van der Waals surface area (Å²) in [7, 11) is 0. The first-order valence-electron chi connectivity index (χ1n) is 6.56. The van der Waals surface area contributed by atoms with Crippen LogP contribution < -0.4 is 11.1 Å². The van der Waals surface area contributed by atoms with E-state index in [0.29, 0.717) is 5.41 Å². The molecule has 0 amide bonds. The zero-order valence-corrected chi connectivity index (χ0v) is 11.4. The second-order valence-electron chi connectivity index (χ2n) is 5.81. The first-order valence-corrected chi connectivity index (χ1v) is 6.56. The third kappa shape index (κ3) is 3.47. The number of benzene rings is 1. The number of allylic oxidation sites excluding steroid dienone is 3. The lowest BCUT2D eigenvalue weighted by Gasteiger charge is -2.31. The van der Waals surface area contributed by atoms with Crippen molar-refractivity contribution in [2.24, 2.45) is 5.41 Å². The van der Waals surface area contributed by atoms with Crippen LogP contribution in [-0.4, -0.2) is 0 Å². The summed E-state index contributed by atoms with van der Waals surface area (Å²) in [4.78, 5) is 0. The van der Waals surface area contributed by atoms with Crippen molar-refractivity contribution in [2.75, 3.05) is 0 Å². The highest BCUT2D eigenvalue weighted by molar-refractivity contribution is 5.28. The Morgan fingerprint density at radius 1 is 1.22 bits per heavy atom. The topological polar surface area (TPSA) is 39.7 Å². The Labute approximate surface area is 110 Å². The van der Waals surface area contributed by atoms with Crippen LogP contribution in [0.1, 0.15) is 32.3 Å². The van der Waals surface area contributed by atoms with Crippen LogP contribution in [-0.2, 0) is 6.54 Å². The van der Waals surface area contributed by atoms with Crippen LogP contribution in [0, 0.1) is 5.41 Å². The third-order valence-electron chi connectivity index (χ3n) is 3.34. The van der Waals surface area contributed by atoms with E-state index in [1.54, 1.807) is 0 Å². The third-order valence-corrected chi connectivity index (χ3v) is 3.34. The van der Waals surface area contributed by atoms with Crippen LogP contribution in [0.4, 0.5) is 0 Å². The molecule has 0 aliphatic heterocycles. The first kappa shape index (κ1) is 12.9. The van der Waals surface area contributed by atoms with Crippen molar-refractivity contribution in [1.82, 2.24) is 5.32 Å². The highest BCUT2D eigenvalue weighted by atomic mass is 14.9. The molecule has 2 rings (SSSR count). The molecule has 2 nitrogen and oxygen atoms in total. The van der Waals surface area contributed by atoms with Crippen molar-refractivity contribution < 1.29 is 5.73 Å². The van der Waals surface area contributed by atoms with Crippen molar-refractivity contribution in [3.63, 3.8) is 0 Å². The minimum atomic E-state index is 0.331. The molecule has 1 aromatic rings. The monoisotopic (exact) mass is 243 g/mol. The molecule has 0 bridgehead atoms. The van der Waals surface area contributed by atoms with Crippen LogP contribution >= 0.6 is 0 Å². The average Bonchev–Trinajstić information content (AvgIpc) is 2.36. The fraction of sp³-hybridized carbons (Fsp3) is 0.375. The fourth-order valence-electron chi connectivity index (χ4n) is 2.51. The molecule has 0 heterocycles. The number of hydrogen-bond acceptors (Lipinski definition) is 1. The Bertz CT molecular complexity index is 455. The minimum absolute atomic E-state index is 0.331. The zero-order valence-electron chi connectivity index (χ0n) is 11.4. The highest BCUT2D eigenvalue weighted by Gasteiger charge is 2.25. The standard InChI is InChI=1S/C16H22N2/c1-16(2)9-14(11-17)8-15(10-16)18-12-13-6-4-3-5-7-13/h3-8,11,18H,9-10,12,17H2,1-2H3/p+1/b14-11-. The molecule has 1 aliphatic carbocycles. The van der Waals surface area contributed by atoms with E-state index in [1.165, 1.54) is 16.8 Å². The first-order chi connectivity index (χ1) is 8.59. The van der Waals surface area contributed by atoms with Gasteiger partial charge < -0.3 is 11.1 Å². The van der Waals surface area contributed by atoms with E-state index in [-0.39, 0.29) is 0 Å². The SMILES string of the molecule is CC1(C)CC(NCc2ccccc2)=C/C(=C/[NH3+])C1. The molecule has 96 valence electrons. The van der Waals surface area contributed by atoms with Gasteiger partial charge in [0.2, 0.25) is 0 Å². The second-order valence-corrected chi connectivity index (χ2v) is 5.81. The van der Waals surface area contributed by atoms with Gasteiger partial charge in [0.25, 0.3) is 0 Å². The van der Waals surface area contributed by atoms with Gasteiger partial charge in [-0.15, -0.1) is 0 Å². The summed E-state index contributed by atoms with van der Waals surface area (Å²) in [5.74, 6) is 0. The van der Waals surface area contributed by atoms with Crippen LogP contribution in [0.15, 0.2) is 53.9 Å². The van der Waals surface area contributed by atoms with E-state index in [9.17, 15) is 0 Å². The largest absolute Gasteiger partial charge is 0.384 e. The molecule has 0 atom stereocenters. The summed E-state index contributed by atoms with van der Waals surface area (Å²) >= 11 is 0. The molecule has 0 radical (unpaired) electrons. The van der Waals surface area contributed by atoms with Gasteiger partial charge in [-0.25, -0.2) is 0 Å². The van der Waals surface area contributed by atoms with Gasteiger partial charge in [-0.3, -0.25) is 0 Å². The molecule has 2 heteroatoms. The van der Waals surface area contributed by atoms with Gasteiger partial charge in [0.05, 0.1) is 6.20 Å². The van der Waals surface area contributed by atoms with Crippen molar-refractivity contribution in [3.05, 3.63) is 59.4 Å². The van der Waals surface area contributed by atoms with E-state index in [1.807, 2.05) is 6.20 Å². The molecule has 18 heavy (non-hydrogen) atoms. The zero-order chi connectivity index (χ0) is 13.0. The lowest BCUT2D eigenvalue weighted by atomic mass is 9.77. The Balaban J connectivity index is 2.03. The number of quaternary nitrogens is 1. The summed E-state index contributed by atoms with van der Waals surface area (Å²) in [5, 5.41) is 3.55. The molecule has 0 spiro atoms. The van der Waals surface area contributed by atoms with Gasteiger partial charge >= 0.3 is 0 Å². The maximum atomic E-state index is 3.89. The van der Waals surface area contributed by atoms with E-state index in [4.69, 9.17) is 0 Å². The van der Waals surface area contributed by atoms with E-state index in [2.05, 4.69) is 61.3 Å². The van der Waals surface area contributed by atoms with Crippen molar-refractivity contribution >= 4 is 0 Å². The molecule has 1 aromatic carbocycles. The van der Waals surface area contributed by atoms with E-state index in [0.717, 1.165) is 19.4 Å². The molecule has 4 N–H and O–H groups in total. The Kier molecular flexibility index (Phi) is 3.87. The van der Waals surface area contributed by atoms with Crippen molar-refractivity contribution in [3.8, 4) is 0 Å². The predicted molar refractivity (Wildman–Crippen MR) is 75.4 cm³/mol. The molecule has 0 saturated carbocycles. The van der Waals surface area contributed by atoms with Gasteiger partial charge in [-0.2, -0.15) is 0 Å². The fourth-order valence-corrected chi connectivity index (χ4v) is 2.51. The smallest absolute Gasteiger partial charge is 0.0942 e. The maximum absolute atomic E-state index is 3.89. The Morgan fingerprint density at radius 3 is 2.61 bits per heavy atom. The number of rotatable bonds is 3. The Hall–Kier alpha value is -1.54. The lowest BCUT2D eigenvalue weighted by molar-refractivity contribution is -0.276. The summed E-state index contributed by atoms with van der Waals surface area (Å²) < 4.78 is 0. The van der Waals surface area contributed by atoms with Crippen LogP contribution in [0.5, 0.6) is 0 Å². The van der Waals surface area contributed by atoms with Gasteiger partial charge in [0, 0.05) is 17.8 Å². The molecule has 0 saturated heterocycles. The number of nitrogens with one attached hydrogen (secondary N) is 1. The summed E-state index contributed by atoms with van der Waals surface area (Å²) in [5.41, 5.74) is 8.20. The molecule has 0 unspecified atom stereocenters. The van der Waals surface area contributed by atoms with E-state index < -0.39 is 0 Å². The van der Waals surface area contributed by atoms with Gasteiger partial charge in [-0.1, -0.05) is 44.2 Å². The van der Waals surface area contributed by atoms with E-state index >= 15 is 0 Å². The van der Waals surface area contributed by atoms with Crippen LogP contribution in [0.25, 0.3) is 0 Å². The molecular formula is C16H23N2+. The van der Waals surface area contributed by atoms with Gasteiger partial charge in [-0.05, 0) is 29.9 Å². The predicted octanol–water partition coefficient (Wildman–Crippen LogP) is 2.61. The maximum Gasteiger partial charge on any atom is 0.0942 e. The number of hydrogen-bond donors (Lipinski definition) is 2. The normalized spacial score (nSPS) is 20.6. The quantitative estimate of drug-likeness (QED) is 0.841. The summed E-state index contributed by atoms with van der Waals surface area (Å²) in [6.07, 6.45) is 6.45. The molecular weight excluding hydrogens is 220 g/mol. The second kappa shape index (κ2) is 5.40. The highest BCUT2D eigenvalue weighted by Crippen LogP contribution is 2.36. The van der Waals surface area contributed by atoms with Crippen molar-refractivity contribution in [2.45, 2.75) is 33.2 Å². The van der Waals surface area contributed by atoms with Gasteiger partial charge in [0.1, 0.15) is 0 Å². The van der Waals surface area contributed by atoms with Crippen molar-refractivity contribution in [1.29, 1.82) is 0 Å². The van der Waals surface area contributed by atoms with Crippen LogP contribution in [0.2, 0.25) is 0 Å². The Morgan fingerprint density at radius 2 is 1.94 bits per heavy atom. The van der Waals surface area contributed by atoms with Gasteiger partial charge in [0.15, 0.2) is 0 Å².